The number of rotatable bonds is 9. The monoisotopic (exact) mass is 312 g/mol. The van der Waals surface area contributed by atoms with Crippen LogP contribution in [-0.4, -0.2) is 24.5 Å². The molecular formula is C20H28N2O. The molecule has 2 aromatic rings. The Morgan fingerprint density at radius 3 is 2.39 bits per heavy atom. The first-order valence-electron chi connectivity index (χ1n) is 8.55. The molecule has 1 atom stereocenters. The summed E-state index contributed by atoms with van der Waals surface area (Å²) >= 11 is 0. The van der Waals surface area contributed by atoms with Crippen molar-refractivity contribution in [2.75, 3.05) is 19.6 Å². The third-order valence-electron chi connectivity index (χ3n) is 4.09. The average Bonchev–Trinajstić information content (AvgIpc) is 2.59. The first-order valence-corrected chi connectivity index (χ1v) is 8.55. The summed E-state index contributed by atoms with van der Waals surface area (Å²) in [5.74, 6) is 1.71. The third kappa shape index (κ3) is 5.08. The number of nitrogens with zero attached hydrogens (tertiary/aromatic N) is 1. The van der Waals surface area contributed by atoms with E-state index in [4.69, 9.17) is 10.5 Å². The second kappa shape index (κ2) is 9.33. The van der Waals surface area contributed by atoms with Gasteiger partial charge in [-0.1, -0.05) is 50.6 Å². The van der Waals surface area contributed by atoms with E-state index in [2.05, 4.69) is 30.9 Å². The first-order chi connectivity index (χ1) is 11.3. The van der Waals surface area contributed by atoms with Crippen LogP contribution in [-0.2, 0) is 0 Å². The van der Waals surface area contributed by atoms with Gasteiger partial charge >= 0.3 is 0 Å². The van der Waals surface area contributed by atoms with Gasteiger partial charge in [-0.3, -0.25) is 4.90 Å². The van der Waals surface area contributed by atoms with Crippen LogP contribution in [0.5, 0.6) is 11.5 Å². The standard InChI is InChI=1S/C20H28N2O/c1-3-5-14-22(4-2)20(16-21)17-10-9-13-19(15-17)23-18-11-7-6-8-12-18/h6-13,15,20H,3-5,14,16,21H2,1-2H3. The predicted octanol–water partition coefficient (Wildman–Crippen LogP) is 4.60. The summed E-state index contributed by atoms with van der Waals surface area (Å²) in [5.41, 5.74) is 7.29. The zero-order valence-electron chi connectivity index (χ0n) is 14.2. The quantitative estimate of drug-likeness (QED) is 0.735. The van der Waals surface area contributed by atoms with E-state index >= 15 is 0 Å². The van der Waals surface area contributed by atoms with Crippen LogP contribution in [0.2, 0.25) is 0 Å². The number of hydrogen-bond acceptors (Lipinski definition) is 3. The molecule has 2 N–H and O–H groups in total. The molecule has 0 aliphatic rings. The Balaban J connectivity index is 2.15. The maximum Gasteiger partial charge on any atom is 0.127 e. The van der Waals surface area contributed by atoms with Crippen molar-refractivity contribution >= 4 is 0 Å². The fraction of sp³-hybridized carbons (Fsp3) is 0.400. The lowest BCUT2D eigenvalue weighted by Crippen LogP contribution is -2.34. The van der Waals surface area contributed by atoms with Crippen LogP contribution >= 0.6 is 0 Å². The van der Waals surface area contributed by atoms with Crippen molar-refractivity contribution in [2.24, 2.45) is 5.73 Å². The minimum atomic E-state index is 0.242. The largest absolute Gasteiger partial charge is 0.457 e. The number of unbranched alkanes of at least 4 members (excludes halogenated alkanes) is 1. The number of likely N-dealkylation sites (N-methyl/N-ethyl adjacent to an activating group) is 1. The van der Waals surface area contributed by atoms with Crippen molar-refractivity contribution in [3.8, 4) is 11.5 Å². The summed E-state index contributed by atoms with van der Waals surface area (Å²) in [6.45, 7) is 7.12. The van der Waals surface area contributed by atoms with Gasteiger partial charge in [0.15, 0.2) is 0 Å². The highest BCUT2D eigenvalue weighted by Crippen LogP contribution is 2.27. The van der Waals surface area contributed by atoms with Crippen LogP contribution in [0.25, 0.3) is 0 Å². The van der Waals surface area contributed by atoms with Gasteiger partial charge < -0.3 is 10.5 Å². The van der Waals surface area contributed by atoms with Crippen LogP contribution < -0.4 is 10.5 Å². The van der Waals surface area contributed by atoms with Gasteiger partial charge in [-0.25, -0.2) is 0 Å². The van der Waals surface area contributed by atoms with Crippen molar-refractivity contribution in [2.45, 2.75) is 32.7 Å². The van der Waals surface area contributed by atoms with Gasteiger partial charge in [0.2, 0.25) is 0 Å². The van der Waals surface area contributed by atoms with Crippen LogP contribution in [0.1, 0.15) is 38.3 Å². The molecule has 0 saturated heterocycles. The van der Waals surface area contributed by atoms with Crippen LogP contribution in [0.4, 0.5) is 0 Å². The van der Waals surface area contributed by atoms with Gasteiger partial charge in [0.05, 0.1) is 0 Å². The van der Waals surface area contributed by atoms with Crippen molar-refractivity contribution in [1.82, 2.24) is 4.90 Å². The molecule has 0 aromatic heterocycles. The van der Waals surface area contributed by atoms with E-state index < -0.39 is 0 Å². The predicted molar refractivity (Wildman–Crippen MR) is 96.9 cm³/mol. The Morgan fingerprint density at radius 2 is 1.74 bits per heavy atom. The molecular weight excluding hydrogens is 284 g/mol. The second-order valence-electron chi connectivity index (χ2n) is 5.72. The number of nitrogens with two attached hydrogens (primary N) is 1. The van der Waals surface area contributed by atoms with E-state index in [-0.39, 0.29) is 6.04 Å². The lowest BCUT2D eigenvalue weighted by atomic mass is 10.0. The first kappa shape index (κ1) is 17.5. The molecule has 1 unspecified atom stereocenters. The van der Waals surface area contributed by atoms with Crippen LogP contribution in [0, 0.1) is 0 Å². The maximum atomic E-state index is 6.07. The fourth-order valence-corrected chi connectivity index (χ4v) is 2.80. The van der Waals surface area contributed by atoms with E-state index in [9.17, 15) is 0 Å². The summed E-state index contributed by atoms with van der Waals surface area (Å²) < 4.78 is 5.95. The molecule has 23 heavy (non-hydrogen) atoms. The molecule has 0 heterocycles. The molecule has 124 valence electrons. The molecule has 2 rings (SSSR count). The summed E-state index contributed by atoms with van der Waals surface area (Å²) in [6.07, 6.45) is 2.40. The van der Waals surface area contributed by atoms with E-state index in [1.807, 2.05) is 42.5 Å². The van der Waals surface area contributed by atoms with Gasteiger partial charge in [-0.15, -0.1) is 0 Å². The minimum Gasteiger partial charge on any atom is -0.457 e. The van der Waals surface area contributed by atoms with Crippen molar-refractivity contribution in [3.05, 3.63) is 60.2 Å². The Kier molecular flexibility index (Phi) is 7.11. The zero-order chi connectivity index (χ0) is 16.5. The Morgan fingerprint density at radius 1 is 1.00 bits per heavy atom. The lowest BCUT2D eigenvalue weighted by molar-refractivity contribution is 0.209. The Labute approximate surface area is 140 Å². The highest BCUT2D eigenvalue weighted by Gasteiger charge is 2.17. The molecule has 3 nitrogen and oxygen atoms in total. The highest BCUT2D eigenvalue weighted by atomic mass is 16.5. The highest BCUT2D eigenvalue weighted by molar-refractivity contribution is 5.35. The third-order valence-corrected chi connectivity index (χ3v) is 4.09. The number of hydrogen-bond donors (Lipinski definition) is 1. The number of para-hydroxylation sites is 1. The van der Waals surface area contributed by atoms with Gasteiger partial charge in [0.1, 0.15) is 11.5 Å². The normalized spacial score (nSPS) is 12.3. The summed E-state index contributed by atoms with van der Waals surface area (Å²) in [6, 6.07) is 18.4. The summed E-state index contributed by atoms with van der Waals surface area (Å²) in [7, 11) is 0. The summed E-state index contributed by atoms with van der Waals surface area (Å²) in [4.78, 5) is 2.45. The number of ether oxygens (including phenoxy) is 1. The molecule has 0 radical (unpaired) electrons. The van der Waals surface area contributed by atoms with E-state index in [0.717, 1.165) is 24.6 Å². The summed E-state index contributed by atoms with van der Waals surface area (Å²) in [5, 5.41) is 0. The van der Waals surface area contributed by atoms with Gasteiger partial charge in [0.25, 0.3) is 0 Å². The number of benzene rings is 2. The second-order valence-corrected chi connectivity index (χ2v) is 5.72. The molecule has 2 aromatic carbocycles. The van der Waals surface area contributed by atoms with Crippen molar-refractivity contribution < 1.29 is 4.74 Å². The van der Waals surface area contributed by atoms with E-state index in [0.29, 0.717) is 6.54 Å². The lowest BCUT2D eigenvalue weighted by Gasteiger charge is -2.30. The van der Waals surface area contributed by atoms with Gasteiger partial charge in [-0.2, -0.15) is 0 Å². The van der Waals surface area contributed by atoms with Crippen molar-refractivity contribution in [3.63, 3.8) is 0 Å². The van der Waals surface area contributed by atoms with E-state index in [1.165, 1.54) is 18.4 Å². The van der Waals surface area contributed by atoms with Crippen molar-refractivity contribution in [1.29, 1.82) is 0 Å². The topological polar surface area (TPSA) is 38.5 Å². The molecule has 0 spiro atoms. The molecule has 0 aliphatic heterocycles. The van der Waals surface area contributed by atoms with E-state index in [1.54, 1.807) is 0 Å². The average molecular weight is 312 g/mol. The minimum absolute atomic E-state index is 0.242. The van der Waals surface area contributed by atoms with Gasteiger partial charge in [0, 0.05) is 12.6 Å². The van der Waals surface area contributed by atoms with Crippen LogP contribution in [0.3, 0.4) is 0 Å². The zero-order valence-corrected chi connectivity index (χ0v) is 14.2. The van der Waals surface area contributed by atoms with Gasteiger partial charge in [-0.05, 0) is 49.3 Å². The smallest absolute Gasteiger partial charge is 0.127 e. The Hall–Kier alpha value is -1.84. The molecule has 0 aliphatic carbocycles. The Bertz CT molecular complexity index is 571. The maximum absolute atomic E-state index is 6.07. The molecule has 3 heteroatoms. The molecule has 0 saturated carbocycles. The fourth-order valence-electron chi connectivity index (χ4n) is 2.80. The molecule has 0 amide bonds. The van der Waals surface area contributed by atoms with Crippen LogP contribution in [0.15, 0.2) is 54.6 Å². The molecule has 0 fully saturated rings. The molecule has 0 bridgehead atoms. The SMILES string of the molecule is CCCCN(CC)C(CN)c1cccc(Oc2ccccc2)c1.